The van der Waals surface area contributed by atoms with Gasteiger partial charge in [-0.2, -0.15) is 0 Å². The molecule has 0 heterocycles. The van der Waals surface area contributed by atoms with Crippen LogP contribution < -0.4 is 0 Å². The summed E-state index contributed by atoms with van der Waals surface area (Å²) in [5, 5.41) is 1.07. The molecule has 1 atom stereocenters. The lowest BCUT2D eigenvalue weighted by molar-refractivity contribution is 0.196. The monoisotopic (exact) mass is 311 g/mol. The molecule has 1 aromatic rings. The molecule has 1 unspecified atom stereocenters. The van der Waals surface area contributed by atoms with Crippen molar-refractivity contribution in [2.45, 2.75) is 50.3 Å². The molecular formula is C16H22ClNOS. The SMILES string of the molecule is CC(SC(=O)N(C)C1CCCCC1)c1ccc(Cl)cc1. The van der Waals surface area contributed by atoms with Crippen LogP contribution >= 0.6 is 23.4 Å². The Morgan fingerprint density at radius 1 is 1.25 bits per heavy atom. The predicted molar refractivity (Wildman–Crippen MR) is 87.5 cm³/mol. The molecule has 1 aliphatic carbocycles. The minimum absolute atomic E-state index is 0.158. The van der Waals surface area contributed by atoms with Crippen LogP contribution in [0.4, 0.5) is 4.79 Å². The molecule has 20 heavy (non-hydrogen) atoms. The molecule has 0 aromatic heterocycles. The Labute approximate surface area is 130 Å². The molecule has 0 radical (unpaired) electrons. The quantitative estimate of drug-likeness (QED) is 0.732. The van der Waals surface area contributed by atoms with Gasteiger partial charge in [0, 0.05) is 23.4 Å². The van der Waals surface area contributed by atoms with Gasteiger partial charge < -0.3 is 4.90 Å². The van der Waals surface area contributed by atoms with Crippen LogP contribution in [0.15, 0.2) is 24.3 Å². The number of amides is 1. The van der Waals surface area contributed by atoms with Crippen molar-refractivity contribution in [1.82, 2.24) is 4.90 Å². The Kier molecular flexibility index (Phi) is 5.79. The van der Waals surface area contributed by atoms with Crippen LogP contribution in [0.3, 0.4) is 0 Å². The van der Waals surface area contributed by atoms with Crippen molar-refractivity contribution < 1.29 is 4.79 Å². The van der Waals surface area contributed by atoms with E-state index >= 15 is 0 Å². The number of nitrogens with zero attached hydrogens (tertiary/aromatic N) is 1. The lowest BCUT2D eigenvalue weighted by Crippen LogP contribution is -2.36. The zero-order chi connectivity index (χ0) is 14.5. The van der Waals surface area contributed by atoms with Gasteiger partial charge in [0.05, 0.1) is 0 Å². The molecule has 2 rings (SSSR count). The van der Waals surface area contributed by atoms with Crippen LogP contribution in [0, 0.1) is 0 Å². The van der Waals surface area contributed by atoms with Gasteiger partial charge in [0.25, 0.3) is 5.24 Å². The van der Waals surface area contributed by atoms with E-state index in [4.69, 9.17) is 11.6 Å². The molecule has 1 aliphatic rings. The second kappa shape index (κ2) is 7.37. The van der Waals surface area contributed by atoms with Crippen LogP contribution in [-0.4, -0.2) is 23.2 Å². The molecule has 0 spiro atoms. The Bertz CT molecular complexity index is 442. The molecule has 4 heteroatoms. The lowest BCUT2D eigenvalue weighted by Gasteiger charge is -2.31. The van der Waals surface area contributed by atoms with Crippen molar-refractivity contribution in [3.05, 3.63) is 34.9 Å². The minimum atomic E-state index is 0.158. The highest BCUT2D eigenvalue weighted by atomic mass is 35.5. The van der Waals surface area contributed by atoms with Crippen LogP contribution in [-0.2, 0) is 0 Å². The van der Waals surface area contributed by atoms with Crippen LogP contribution in [0.1, 0.15) is 49.8 Å². The third kappa shape index (κ3) is 4.16. The Hall–Kier alpha value is -0.670. The first-order chi connectivity index (χ1) is 9.58. The molecule has 1 saturated carbocycles. The van der Waals surface area contributed by atoms with E-state index < -0.39 is 0 Å². The van der Waals surface area contributed by atoms with Crippen LogP contribution in [0.5, 0.6) is 0 Å². The third-order valence-electron chi connectivity index (χ3n) is 4.03. The van der Waals surface area contributed by atoms with Gasteiger partial charge in [-0.15, -0.1) is 0 Å². The zero-order valence-corrected chi connectivity index (χ0v) is 13.7. The number of hydrogen-bond acceptors (Lipinski definition) is 2. The number of thioether (sulfide) groups is 1. The average molecular weight is 312 g/mol. The third-order valence-corrected chi connectivity index (χ3v) is 5.39. The van der Waals surface area contributed by atoms with Crippen LogP contribution in [0.2, 0.25) is 5.02 Å². The first-order valence-electron chi connectivity index (χ1n) is 7.27. The summed E-state index contributed by atoms with van der Waals surface area (Å²) in [5.74, 6) is 0. The van der Waals surface area contributed by atoms with Gasteiger partial charge in [-0.05, 0) is 37.5 Å². The van der Waals surface area contributed by atoms with Gasteiger partial charge in [-0.1, -0.05) is 54.8 Å². The fourth-order valence-corrected chi connectivity index (χ4v) is 3.69. The normalized spacial score (nSPS) is 17.8. The Balaban J connectivity index is 1.91. The van der Waals surface area contributed by atoms with E-state index in [-0.39, 0.29) is 10.5 Å². The summed E-state index contributed by atoms with van der Waals surface area (Å²) in [6.45, 7) is 2.07. The van der Waals surface area contributed by atoms with E-state index in [1.807, 2.05) is 36.2 Å². The second-order valence-electron chi connectivity index (χ2n) is 5.48. The average Bonchev–Trinajstić information content (AvgIpc) is 2.48. The van der Waals surface area contributed by atoms with Crippen molar-refractivity contribution in [3.63, 3.8) is 0 Å². The number of carbonyl (C=O) groups excluding carboxylic acids is 1. The molecule has 110 valence electrons. The summed E-state index contributed by atoms with van der Waals surface area (Å²) in [7, 11) is 1.94. The largest absolute Gasteiger partial charge is 0.334 e. The Morgan fingerprint density at radius 2 is 1.85 bits per heavy atom. The molecule has 0 bridgehead atoms. The van der Waals surface area contributed by atoms with E-state index in [0.29, 0.717) is 6.04 Å². The van der Waals surface area contributed by atoms with Crippen molar-refractivity contribution in [2.75, 3.05) is 7.05 Å². The van der Waals surface area contributed by atoms with Gasteiger partial charge >= 0.3 is 0 Å². The van der Waals surface area contributed by atoms with Crippen LogP contribution in [0.25, 0.3) is 0 Å². The van der Waals surface area contributed by atoms with Crippen molar-refractivity contribution >= 4 is 28.6 Å². The molecular weight excluding hydrogens is 290 g/mol. The molecule has 0 saturated heterocycles. The highest BCUT2D eigenvalue weighted by Crippen LogP contribution is 2.32. The number of hydrogen-bond donors (Lipinski definition) is 0. The molecule has 0 aliphatic heterocycles. The minimum Gasteiger partial charge on any atom is -0.334 e. The molecule has 0 N–H and O–H groups in total. The zero-order valence-electron chi connectivity index (χ0n) is 12.1. The van der Waals surface area contributed by atoms with Crippen molar-refractivity contribution in [3.8, 4) is 0 Å². The summed E-state index contributed by atoms with van der Waals surface area (Å²) in [4.78, 5) is 14.3. The maximum absolute atomic E-state index is 12.4. The highest BCUT2D eigenvalue weighted by molar-refractivity contribution is 8.13. The van der Waals surface area contributed by atoms with Gasteiger partial charge in [0.2, 0.25) is 0 Å². The smallest absolute Gasteiger partial charge is 0.282 e. The summed E-state index contributed by atoms with van der Waals surface area (Å²) in [5.41, 5.74) is 1.14. The highest BCUT2D eigenvalue weighted by Gasteiger charge is 2.24. The lowest BCUT2D eigenvalue weighted by atomic mass is 9.95. The van der Waals surface area contributed by atoms with Gasteiger partial charge in [-0.3, -0.25) is 4.79 Å². The Morgan fingerprint density at radius 3 is 2.45 bits per heavy atom. The number of carbonyl (C=O) groups is 1. The van der Waals surface area contributed by atoms with E-state index in [1.54, 1.807) is 0 Å². The first-order valence-corrected chi connectivity index (χ1v) is 8.52. The second-order valence-corrected chi connectivity index (χ2v) is 7.21. The first kappa shape index (κ1) is 15.7. The summed E-state index contributed by atoms with van der Waals surface area (Å²) >= 11 is 7.30. The molecule has 1 amide bonds. The van der Waals surface area contributed by atoms with Gasteiger partial charge in [0.1, 0.15) is 0 Å². The molecule has 1 fully saturated rings. The fraction of sp³-hybridized carbons (Fsp3) is 0.562. The molecule has 2 nitrogen and oxygen atoms in total. The fourth-order valence-electron chi connectivity index (χ4n) is 2.65. The summed E-state index contributed by atoms with van der Waals surface area (Å²) < 4.78 is 0. The van der Waals surface area contributed by atoms with Crippen molar-refractivity contribution in [2.24, 2.45) is 0 Å². The number of benzene rings is 1. The predicted octanol–water partition coefficient (Wildman–Crippen LogP) is 5.52. The van der Waals surface area contributed by atoms with Crippen molar-refractivity contribution in [1.29, 1.82) is 0 Å². The maximum Gasteiger partial charge on any atom is 0.282 e. The summed E-state index contributed by atoms with van der Waals surface area (Å²) in [6.07, 6.45) is 6.11. The maximum atomic E-state index is 12.4. The number of halogens is 1. The van der Waals surface area contributed by atoms with E-state index in [2.05, 4.69) is 6.92 Å². The van der Waals surface area contributed by atoms with E-state index in [9.17, 15) is 4.79 Å². The standard InChI is InChI=1S/C16H22ClNOS/c1-12(13-8-10-14(17)11-9-13)20-16(19)18(2)15-6-4-3-5-7-15/h8-12,15H,3-7H2,1-2H3. The topological polar surface area (TPSA) is 20.3 Å². The van der Waals surface area contributed by atoms with E-state index in [1.165, 1.54) is 31.0 Å². The van der Waals surface area contributed by atoms with Gasteiger partial charge in [-0.25, -0.2) is 0 Å². The molecule has 1 aromatic carbocycles. The summed E-state index contributed by atoms with van der Waals surface area (Å²) in [6, 6.07) is 8.18. The van der Waals surface area contributed by atoms with E-state index in [0.717, 1.165) is 23.4 Å². The van der Waals surface area contributed by atoms with Gasteiger partial charge in [0.15, 0.2) is 0 Å². The number of rotatable bonds is 3.